The maximum absolute atomic E-state index is 11.2. The van der Waals surface area contributed by atoms with Crippen molar-refractivity contribution in [3.8, 4) is 0 Å². The molecule has 1 N–H and O–H groups in total. The number of carbonyl (C=O) groups excluding carboxylic acids is 1. The van der Waals surface area contributed by atoms with E-state index < -0.39 is 0 Å². The number of ether oxygens (including phenoxy) is 1. The van der Waals surface area contributed by atoms with Crippen LogP contribution < -0.4 is 5.32 Å². The first-order valence-electron chi connectivity index (χ1n) is 5.91. The van der Waals surface area contributed by atoms with Crippen molar-refractivity contribution < 1.29 is 9.53 Å². The van der Waals surface area contributed by atoms with E-state index in [9.17, 15) is 4.79 Å². The van der Waals surface area contributed by atoms with E-state index in [0.29, 0.717) is 0 Å². The molecule has 0 saturated heterocycles. The lowest BCUT2D eigenvalue weighted by molar-refractivity contribution is -0.138. The standard InChI is InChI=1S/C13H17N3O2/c1-9(2)12-13(14-8-11(17)18-3)16-7-5-4-6-10(16)15-12/h4-7,9,14H,8H2,1-3H3. The van der Waals surface area contributed by atoms with Gasteiger partial charge in [-0.25, -0.2) is 4.98 Å². The highest BCUT2D eigenvalue weighted by Crippen LogP contribution is 2.24. The van der Waals surface area contributed by atoms with Crippen LogP contribution in [0.25, 0.3) is 5.65 Å². The number of imidazole rings is 1. The number of nitrogens with zero attached hydrogens (tertiary/aromatic N) is 2. The Morgan fingerprint density at radius 3 is 2.94 bits per heavy atom. The van der Waals surface area contributed by atoms with E-state index in [0.717, 1.165) is 17.2 Å². The van der Waals surface area contributed by atoms with E-state index in [2.05, 4.69) is 28.9 Å². The van der Waals surface area contributed by atoms with Crippen LogP contribution in [0.1, 0.15) is 25.5 Å². The van der Waals surface area contributed by atoms with Crippen LogP contribution in [0.3, 0.4) is 0 Å². The van der Waals surface area contributed by atoms with Gasteiger partial charge in [0, 0.05) is 6.20 Å². The Bertz CT molecular complexity index is 560. The van der Waals surface area contributed by atoms with Gasteiger partial charge in [-0.2, -0.15) is 0 Å². The average Bonchev–Trinajstić information content (AvgIpc) is 2.75. The molecule has 2 aromatic heterocycles. The van der Waals surface area contributed by atoms with Crippen LogP contribution in [0.2, 0.25) is 0 Å². The lowest BCUT2D eigenvalue weighted by Gasteiger charge is -2.09. The number of hydrogen-bond acceptors (Lipinski definition) is 4. The molecule has 0 aliphatic heterocycles. The van der Waals surface area contributed by atoms with Crippen molar-refractivity contribution in [3.05, 3.63) is 30.1 Å². The van der Waals surface area contributed by atoms with E-state index in [4.69, 9.17) is 0 Å². The van der Waals surface area contributed by atoms with Gasteiger partial charge in [0.1, 0.15) is 18.0 Å². The van der Waals surface area contributed by atoms with E-state index in [1.807, 2.05) is 28.8 Å². The van der Waals surface area contributed by atoms with Crippen molar-refractivity contribution >= 4 is 17.4 Å². The molecular formula is C13H17N3O2. The van der Waals surface area contributed by atoms with Crippen LogP contribution in [0.5, 0.6) is 0 Å². The minimum absolute atomic E-state index is 0.138. The number of pyridine rings is 1. The SMILES string of the molecule is COC(=O)CNc1c(C(C)C)nc2ccccn12. The highest BCUT2D eigenvalue weighted by molar-refractivity contribution is 5.75. The molecule has 0 amide bonds. The van der Waals surface area contributed by atoms with Crippen LogP contribution in [0.15, 0.2) is 24.4 Å². The molecule has 0 saturated carbocycles. The third-order valence-corrected chi connectivity index (χ3v) is 2.73. The summed E-state index contributed by atoms with van der Waals surface area (Å²) in [5.41, 5.74) is 1.82. The van der Waals surface area contributed by atoms with Crippen molar-refractivity contribution in [1.82, 2.24) is 9.38 Å². The second-order valence-electron chi connectivity index (χ2n) is 4.36. The lowest BCUT2D eigenvalue weighted by atomic mass is 10.1. The maximum Gasteiger partial charge on any atom is 0.325 e. The smallest absolute Gasteiger partial charge is 0.325 e. The molecule has 5 heteroatoms. The van der Waals surface area contributed by atoms with Gasteiger partial charge in [0.05, 0.1) is 12.8 Å². The predicted octanol–water partition coefficient (Wildman–Crippen LogP) is 2.04. The topological polar surface area (TPSA) is 55.6 Å². The fraction of sp³-hybridized carbons (Fsp3) is 0.385. The summed E-state index contributed by atoms with van der Waals surface area (Å²) in [6.07, 6.45) is 1.92. The number of hydrogen-bond donors (Lipinski definition) is 1. The molecular weight excluding hydrogens is 230 g/mol. The van der Waals surface area contributed by atoms with Gasteiger partial charge >= 0.3 is 5.97 Å². The number of aromatic nitrogens is 2. The molecule has 18 heavy (non-hydrogen) atoms. The molecule has 2 heterocycles. The summed E-state index contributed by atoms with van der Waals surface area (Å²) in [6.45, 7) is 4.29. The highest BCUT2D eigenvalue weighted by Gasteiger charge is 2.15. The Kier molecular flexibility index (Phi) is 3.50. The lowest BCUT2D eigenvalue weighted by Crippen LogP contribution is -2.17. The van der Waals surface area contributed by atoms with Crippen molar-refractivity contribution in [1.29, 1.82) is 0 Å². The zero-order chi connectivity index (χ0) is 13.1. The first-order valence-corrected chi connectivity index (χ1v) is 5.91. The Labute approximate surface area is 106 Å². The van der Waals surface area contributed by atoms with Crippen molar-refractivity contribution in [2.24, 2.45) is 0 Å². The average molecular weight is 247 g/mol. The molecule has 0 atom stereocenters. The van der Waals surface area contributed by atoms with Crippen molar-refractivity contribution in [2.45, 2.75) is 19.8 Å². The fourth-order valence-corrected chi connectivity index (χ4v) is 1.82. The van der Waals surface area contributed by atoms with Gasteiger partial charge in [-0.3, -0.25) is 9.20 Å². The van der Waals surface area contributed by atoms with Crippen molar-refractivity contribution in [2.75, 3.05) is 19.0 Å². The summed E-state index contributed by atoms with van der Waals surface area (Å²) >= 11 is 0. The Morgan fingerprint density at radius 1 is 1.50 bits per heavy atom. The Hall–Kier alpha value is -2.04. The number of nitrogens with one attached hydrogen (secondary N) is 1. The molecule has 0 spiro atoms. The molecule has 5 nitrogen and oxygen atoms in total. The first-order chi connectivity index (χ1) is 8.63. The fourth-order valence-electron chi connectivity index (χ4n) is 1.82. The van der Waals surface area contributed by atoms with E-state index in [1.165, 1.54) is 7.11 Å². The third kappa shape index (κ3) is 2.30. The molecule has 2 aromatic rings. The number of anilines is 1. The molecule has 0 aromatic carbocycles. The maximum atomic E-state index is 11.2. The molecule has 0 bridgehead atoms. The number of carbonyl (C=O) groups is 1. The number of fused-ring (bicyclic) bond motifs is 1. The zero-order valence-corrected chi connectivity index (χ0v) is 10.8. The van der Waals surface area contributed by atoms with E-state index >= 15 is 0 Å². The molecule has 0 unspecified atom stereocenters. The number of rotatable bonds is 4. The molecule has 0 aliphatic carbocycles. The Morgan fingerprint density at radius 2 is 2.28 bits per heavy atom. The summed E-state index contributed by atoms with van der Waals surface area (Å²) < 4.78 is 6.57. The summed E-state index contributed by atoms with van der Waals surface area (Å²) in [6, 6.07) is 5.81. The normalized spacial score (nSPS) is 10.9. The van der Waals surface area contributed by atoms with Gasteiger partial charge in [0.25, 0.3) is 0 Å². The first kappa shape index (κ1) is 12.4. The van der Waals surface area contributed by atoms with Crippen LogP contribution in [0.4, 0.5) is 5.82 Å². The summed E-state index contributed by atoms with van der Waals surface area (Å²) in [7, 11) is 1.38. The van der Waals surface area contributed by atoms with Gasteiger partial charge in [-0.05, 0) is 18.1 Å². The minimum atomic E-state index is -0.296. The van der Waals surface area contributed by atoms with Gasteiger partial charge in [0.2, 0.25) is 0 Å². The monoisotopic (exact) mass is 247 g/mol. The molecule has 96 valence electrons. The van der Waals surface area contributed by atoms with Crippen LogP contribution in [-0.4, -0.2) is 29.0 Å². The minimum Gasteiger partial charge on any atom is -0.468 e. The van der Waals surface area contributed by atoms with Crippen LogP contribution in [-0.2, 0) is 9.53 Å². The van der Waals surface area contributed by atoms with Gasteiger partial charge in [-0.15, -0.1) is 0 Å². The zero-order valence-electron chi connectivity index (χ0n) is 10.8. The van der Waals surface area contributed by atoms with Gasteiger partial charge in [0.15, 0.2) is 0 Å². The number of methoxy groups -OCH3 is 1. The molecule has 0 fully saturated rings. The van der Waals surface area contributed by atoms with Crippen LogP contribution in [0, 0.1) is 0 Å². The van der Waals surface area contributed by atoms with E-state index in [1.54, 1.807) is 0 Å². The molecule has 0 aliphatic rings. The predicted molar refractivity (Wildman–Crippen MR) is 69.8 cm³/mol. The highest BCUT2D eigenvalue weighted by atomic mass is 16.5. The van der Waals surface area contributed by atoms with Gasteiger partial charge < -0.3 is 10.1 Å². The second-order valence-corrected chi connectivity index (χ2v) is 4.36. The Balaban J connectivity index is 2.39. The summed E-state index contributed by atoms with van der Waals surface area (Å²) in [5, 5.41) is 3.09. The van der Waals surface area contributed by atoms with Crippen LogP contribution >= 0.6 is 0 Å². The van der Waals surface area contributed by atoms with Crippen molar-refractivity contribution in [3.63, 3.8) is 0 Å². The molecule has 2 rings (SSSR count). The second kappa shape index (κ2) is 5.08. The van der Waals surface area contributed by atoms with E-state index in [-0.39, 0.29) is 18.4 Å². The molecule has 0 radical (unpaired) electrons. The summed E-state index contributed by atoms with van der Waals surface area (Å²) in [4.78, 5) is 15.8. The quantitative estimate of drug-likeness (QED) is 0.840. The summed E-state index contributed by atoms with van der Waals surface area (Å²) in [5.74, 6) is 0.839. The number of esters is 1. The third-order valence-electron chi connectivity index (χ3n) is 2.73. The largest absolute Gasteiger partial charge is 0.468 e. The van der Waals surface area contributed by atoms with Gasteiger partial charge in [-0.1, -0.05) is 19.9 Å².